The molecule has 0 aliphatic rings. The van der Waals surface area contributed by atoms with Crippen LogP contribution in [0.25, 0.3) is 0 Å². The molecule has 0 fully saturated rings. The zero-order valence-corrected chi connectivity index (χ0v) is 20.8. The summed E-state index contributed by atoms with van der Waals surface area (Å²) in [4.78, 5) is 27.3. The van der Waals surface area contributed by atoms with Crippen LogP contribution >= 0.6 is 23.2 Å². The average molecular weight is 500 g/mol. The molecule has 1 N–H and O–H groups in total. The normalized spacial score (nSPS) is 12.2. The van der Waals surface area contributed by atoms with E-state index < -0.39 is 28.5 Å². The third-order valence-electron chi connectivity index (χ3n) is 5.02. The minimum absolute atomic E-state index is 0.0469. The van der Waals surface area contributed by atoms with E-state index in [1.165, 1.54) is 11.9 Å². The van der Waals surface area contributed by atoms with Crippen LogP contribution < -0.4 is 9.62 Å². The summed E-state index contributed by atoms with van der Waals surface area (Å²) in [7, 11) is -2.30. The number of carbonyl (C=O) groups is 2. The second-order valence-electron chi connectivity index (χ2n) is 7.37. The summed E-state index contributed by atoms with van der Waals surface area (Å²) in [5.74, 6) is -0.923. The van der Waals surface area contributed by atoms with Crippen molar-refractivity contribution < 1.29 is 18.0 Å². The molecule has 174 valence electrons. The maximum Gasteiger partial charge on any atom is 0.244 e. The Morgan fingerprint density at radius 2 is 1.62 bits per heavy atom. The first kappa shape index (κ1) is 26.0. The van der Waals surface area contributed by atoms with Gasteiger partial charge in [0.15, 0.2) is 0 Å². The van der Waals surface area contributed by atoms with Crippen LogP contribution in [0.3, 0.4) is 0 Å². The average Bonchev–Trinajstić information content (AvgIpc) is 2.73. The summed E-state index contributed by atoms with van der Waals surface area (Å²) in [5, 5.41) is 3.25. The van der Waals surface area contributed by atoms with Crippen LogP contribution in [0.5, 0.6) is 0 Å². The molecule has 0 saturated carbocycles. The van der Waals surface area contributed by atoms with E-state index in [1.54, 1.807) is 49.4 Å². The Kier molecular flexibility index (Phi) is 8.95. The van der Waals surface area contributed by atoms with Gasteiger partial charge in [-0.15, -0.1) is 0 Å². The molecule has 10 heteroatoms. The van der Waals surface area contributed by atoms with E-state index in [1.807, 2.05) is 6.92 Å². The van der Waals surface area contributed by atoms with E-state index in [-0.39, 0.29) is 12.5 Å². The molecule has 1 atom stereocenters. The number of aryl methyl sites for hydroxylation is 1. The number of nitrogens with zero attached hydrogens (tertiary/aromatic N) is 2. The van der Waals surface area contributed by atoms with Crippen molar-refractivity contribution in [2.24, 2.45) is 0 Å². The number of amides is 2. The lowest BCUT2D eigenvalue weighted by Crippen LogP contribution is -2.51. The molecule has 7 nitrogen and oxygen atoms in total. The fourth-order valence-corrected chi connectivity index (χ4v) is 4.63. The van der Waals surface area contributed by atoms with Crippen LogP contribution in [-0.4, -0.2) is 51.0 Å². The number of halogens is 2. The Labute approximate surface area is 199 Å². The minimum atomic E-state index is -3.77. The number of anilines is 1. The Morgan fingerprint density at radius 3 is 2.09 bits per heavy atom. The van der Waals surface area contributed by atoms with Crippen LogP contribution in [0.4, 0.5) is 5.69 Å². The molecule has 0 aliphatic carbocycles. The van der Waals surface area contributed by atoms with Gasteiger partial charge in [0, 0.05) is 29.2 Å². The highest BCUT2D eigenvalue weighted by atomic mass is 35.5. The van der Waals surface area contributed by atoms with Gasteiger partial charge < -0.3 is 10.2 Å². The van der Waals surface area contributed by atoms with Gasteiger partial charge in [0.05, 0.1) is 11.9 Å². The van der Waals surface area contributed by atoms with Crippen molar-refractivity contribution in [1.29, 1.82) is 0 Å². The van der Waals surface area contributed by atoms with Gasteiger partial charge >= 0.3 is 0 Å². The third-order valence-corrected chi connectivity index (χ3v) is 6.87. The van der Waals surface area contributed by atoms with Gasteiger partial charge in [-0.2, -0.15) is 0 Å². The summed E-state index contributed by atoms with van der Waals surface area (Å²) in [5.41, 5.74) is 1.79. The predicted octanol–water partition coefficient (Wildman–Crippen LogP) is 3.62. The van der Waals surface area contributed by atoms with Gasteiger partial charge in [-0.25, -0.2) is 8.42 Å². The van der Waals surface area contributed by atoms with Crippen molar-refractivity contribution in [2.45, 2.75) is 32.9 Å². The number of benzene rings is 2. The maximum absolute atomic E-state index is 13.4. The summed E-state index contributed by atoms with van der Waals surface area (Å²) < 4.78 is 26.0. The molecule has 1 unspecified atom stereocenters. The first-order chi connectivity index (χ1) is 15.0. The molecule has 0 aromatic heterocycles. The summed E-state index contributed by atoms with van der Waals surface area (Å²) >= 11 is 12.6. The number of rotatable bonds is 9. The number of hydrogen-bond donors (Lipinski definition) is 1. The fraction of sp³-hybridized carbons (Fsp3) is 0.364. The molecule has 0 radical (unpaired) electrons. The fourth-order valence-electron chi connectivity index (χ4n) is 3.26. The van der Waals surface area contributed by atoms with Gasteiger partial charge in [0.2, 0.25) is 21.8 Å². The molecule has 2 aromatic rings. The van der Waals surface area contributed by atoms with Crippen LogP contribution in [-0.2, 0) is 26.2 Å². The van der Waals surface area contributed by atoms with Crippen molar-refractivity contribution in [1.82, 2.24) is 10.2 Å². The van der Waals surface area contributed by atoms with Crippen molar-refractivity contribution in [3.63, 3.8) is 0 Å². The van der Waals surface area contributed by atoms with Crippen molar-refractivity contribution in [3.05, 3.63) is 63.6 Å². The predicted molar refractivity (Wildman–Crippen MR) is 129 cm³/mol. The zero-order valence-electron chi connectivity index (χ0n) is 18.4. The zero-order chi connectivity index (χ0) is 24.1. The minimum Gasteiger partial charge on any atom is -0.357 e. The Balaban J connectivity index is 2.47. The largest absolute Gasteiger partial charge is 0.357 e. The lowest BCUT2D eigenvalue weighted by Gasteiger charge is -2.33. The lowest BCUT2D eigenvalue weighted by atomic mass is 10.1. The number of carbonyl (C=O) groups excluding carboxylic acids is 2. The molecular weight excluding hydrogens is 473 g/mol. The molecule has 0 saturated heterocycles. The van der Waals surface area contributed by atoms with Crippen LogP contribution in [0, 0.1) is 6.92 Å². The second-order valence-corrected chi connectivity index (χ2v) is 10.1. The molecule has 2 amide bonds. The number of sulfonamides is 1. The van der Waals surface area contributed by atoms with E-state index in [0.29, 0.717) is 27.7 Å². The van der Waals surface area contributed by atoms with Gasteiger partial charge in [-0.1, -0.05) is 53.9 Å². The van der Waals surface area contributed by atoms with E-state index in [4.69, 9.17) is 23.2 Å². The molecule has 0 bridgehead atoms. The van der Waals surface area contributed by atoms with E-state index in [2.05, 4.69) is 5.32 Å². The highest BCUT2D eigenvalue weighted by Crippen LogP contribution is 2.27. The van der Waals surface area contributed by atoms with Crippen LogP contribution in [0.2, 0.25) is 10.0 Å². The first-order valence-corrected chi connectivity index (χ1v) is 12.6. The Hall–Kier alpha value is -2.29. The van der Waals surface area contributed by atoms with E-state index in [9.17, 15) is 18.0 Å². The second kappa shape index (κ2) is 11.0. The van der Waals surface area contributed by atoms with Gasteiger partial charge in [0.25, 0.3) is 0 Å². The molecular formula is C22H27Cl2N3O4S. The molecule has 2 aromatic carbocycles. The highest BCUT2D eigenvalue weighted by Gasteiger charge is 2.32. The summed E-state index contributed by atoms with van der Waals surface area (Å²) in [6.07, 6.45) is 1.35. The van der Waals surface area contributed by atoms with Gasteiger partial charge in [-0.3, -0.25) is 13.9 Å². The number of nitrogens with one attached hydrogen (secondary N) is 1. The molecule has 2 rings (SSSR count). The SMILES string of the molecule is CCC(C(=O)NC)N(Cc1c(Cl)cccc1Cl)C(=O)CN(c1ccc(C)cc1)S(C)(=O)=O. The van der Waals surface area contributed by atoms with Gasteiger partial charge in [-0.05, 0) is 37.6 Å². The summed E-state index contributed by atoms with van der Waals surface area (Å²) in [6, 6.07) is 10.9. The van der Waals surface area contributed by atoms with Crippen molar-refractivity contribution >= 4 is 50.7 Å². The number of hydrogen-bond acceptors (Lipinski definition) is 4. The topological polar surface area (TPSA) is 86.8 Å². The van der Waals surface area contributed by atoms with E-state index in [0.717, 1.165) is 16.1 Å². The monoisotopic (exact) mass is 499 g/mol. The first-order valence-electron chi connectivity index (χ1n) is 9.97. The number of likely N-dealkylation sites (N-methyl/N-ethyl adjacent to an activating group) is 1. The van der Waals surface area contributed by atoms with Crippen molar-refractivity contribution in [3.8, 4) is 0 Å². The Bertz CT molecular complexity index is 1050. The third kappa shape index (κ3) is 6.37. The molecule has 0 aliphatic heterocycles. The van der Waals surface area contributed by atoms with Gasteiger partial charge in [0.1, 0.15) is 12.6 Å². The maximum atomic E-state index is 13.4. The molecule has 0 heterocycles. The lowest BCUT2D eigenvalue weighted by molar-refractivity contribution is -0.140. The standard InChI is InChI=1S/C22H27Cl2N3O4S/c1-5-20(22(29)25-3)26(13-17-18(23)7-6-8-19(17)24)21(28)14-27(32(4,30)31)16-11-9-15(2)10-12-16/h6-12,20H,5,13-14H2,1-4H3,(H,25,29). The van der Waals surface area contributed by atoms with Crippen LogP contribution in [0.1, 0.15) is 24.5 Å². The van der Waals surface area contributed by atoms with Crippen LogP contribution in [0.15, 0.2) is 42.5 Å². The Morgan fingerprint density at radius 1 is 1.06 bits per heavy atom. The van der Waals surface area contributed by atoms with Crippen molar-refractivity contribution in [2.75, 3.05) is 24.2 Å². The van der Waals surface area contributed by atoms with E-state index >= 15 is 0 Å². The quantitative estimate of drug-likeness (QED) is 0.570. The summed E-state index contributed by atoms with van der Waals surface area (Å²) in [6.45, 7) is 3.12. The molecule has 0 spiro atoms. The molecule has 32 heavy (non-hydrogen) atoms. The highest BCUT2D eigenvalue weighted by molar-refractivity contribution is 7.92. The smallest absolute Gasteiger partial charge is 0.244 e.